The molecule has 172 valence electrons. The number of rotatable bonds is 9. The lowest BCUT2D eigenvalue weighted by molar-refractivity contribution is -0.0255. The maximum Gasteiger partial charge on any atom is 0.490 e. The van der Waals surface area contributed by atoms with Gasteiger partial charge in [-0.1, -0.05) is 0 Å². The Kier molecular flexibility index (Phi) is 7.79. The molecule has 0 amide bonds. The van der Waals surface area contributed by atoms with Gasteiger partial charge in [-0.15, -0.1) is 0 Å². The highest BCUT2D eigenvalue weighted by Gasteiger charge is 2.42. The van der Waals surface area contributed by atoms with Crippen LogP contribution >= 0.6 is 23.5 Å². The third kappa shape index (κ3) is 7.61. The van der Waals surface area contributed by atoms with E-state index in [2.05, 4.69) is 18.1 Å². The van der Waals surface area contributed by atoms with E-state index in [0.29, 0.717) is 0 Å². The number of phosphoric ester groups is 1. The average molecular weight is 496 g/mol. The van der Waals surface area contributed by atoms with E-state index in [1.54, 1.807) is 0 Å². The molecular weight excluding hydrogens is 477 g/mol. The van der Waals surface area contributed by atoms with Gasteiger partial charge in [0.25, 0.3) is 5.56 Å². The fourth-order valence-corrected chi connectivity index (χ4v) is 5.56. The summed E-state index contributed by atoms with van der Waals surface area (Å²) < 4.78 is 51.6. The van der Waals surface area contributed by atoms with Gasteiger partial charge < -0.3 is 29.4 Å². The normalized spacial score (nSPS) is 26.3. The Morgan fingerprint density at radius 1 is 1.17 bits per heavy atom. The third-order valence-electron chi connectivity index (χ3n) is 3.71. The fraction of sp³-hybridized carbons (Fsp3) is 0.636. The number of aliphatic hydroxyl groups excluding tert-OH is 1. The Bertz CT molecular complexity index is 1030. The van der Waals surface area contributed by atoms with Crippen LogP contribution in [0.5, 0.6) is 0 Å². The van der Waals surface area contributed by atoms with Gasteiger partial charge in [0.2, 0.25) is 0 Å². The van der Waals surface area contributed by atoms with Crippen LogP contribution in [0.4, 0.5) is 0 Å². The summed E-state index contributed by atoms with van der Waals surface area (Å²) in [6, 6.07) is 0. The Morgan fingerprint density at radius 2 is 1.80 bits per heavy atom. The lowest BCUT2D eigenvalue weighted by Crippen LogP contribution is -2.34. The highest BCUT2D eigenvalue weighted by Crippen LogP contribution is 2.66. The topological polar surface area (TPSA) is 244 Å². The van der Waals surface area contributed by atoms with E-state index >= 15 is 0 Å². The number of aliphatic hydroxyl groups is 1. The van der Waals surface area contributed by atoms with Crippen LogP contribution in [0, 0.1) is 6.92 Å². The van der Waals surface area contributed by atoms with E-state index in [0.717, 1.165) is 4.57 Å². The number of H-pyrrole nitrogens is 1. The van der Waals surface area contributed by atoms with Gasteiger partial charge in [0.1, 0.15) is 6.10 Å². The summed E-state index contributed by atoms with van der Waals surface area (Å²) >= 11 is 0. The summed E-state index contributed by atoms with van der Waals surface area (Å²) in [6.07, 6.45) is -1.91. The number of nitrogens with one attached hydrogen (secondary N) is 1. The first kappa shape index (κ1) is 25.3. The number of nitrogens with zero attached hydrogens (tertiary/aromatic N) is 1. The second-order valence-corrected chi connectivity index (χ2v) is 10.6. The molecule has 2 unspecified atom stereocenters. The van der Waals surface area contributed by atoms with Gasteiger partial charge in [0.15, 0.2) is 0 Å². The zero-order chi connectivity index (χ0) is 22.9. The first-order valence-corrected chi connectivity index (χ1v) is 12.5. The van der Waals surface area contributed by atoms with Crippen molar-refractivity contribution in [3.8, 4) is 0 Å². The Morgan fingerprint density at radius 3 is 2.40 bits per heavy atom. The monoisotopic (exact) mass is 496 g/mol. The molecule has 1 aromatic heterocycles. The zero-order valence-electron chi connectivity index (χ0n) is 15.1. The van der Waals surface area contributed by atoms with E-state index in [9.17, 15) is 33.3 Å². The van der Waals surface area contributed by atoms with E-state index in [1.807, 2.05) is 0 Å². The van der Waals surface area contributed by atoms with Crippen LogP contribution < -0.4 is 11.2 Å². The summed E-state index contributed by atoms with van der Waals surface area (Å²) in [4.78, 5) is 60.7. The molecule has 1 fully saturated rings. The smallest absolute Gasteiger partial charge is 0.390 e. The Hall–Kier alpha value is -0.990. The lowest BCUT2D eigenvalue weighted by atomic mass is 10.1. The van der Waals surface area contributed by atoms with E-state index < -0.39 is 59.6 Å². The molecule has 1 aliphatic rings. The molecule has 1 aromatic rings. The van der Waals surface area contributed by atoms with Crippen molar-refractivity contribution in [1.82, 2.24) is 9.55 Å². The number of aromatic nitrogens is 2. The molecule has 16 nitrogen and oxygen atoms in total. The number of hydrogen-bond donors (Lipinski definition) is 6. The second kappa shape index (κ2) is 9.25. The summed E-state index contributed by atoms with van der Waals surface area (Å²) in [5.74, 6) is 0. The van der Waals surface area contributed by atoms with Crippen LogP contribution in [0.1, 0.15) is 12.0 Å². The van der Waals surface area contributed by atoms with Crippen LogP contribution in [0.15, 0.2) is 15.8 Å². The van der Waals surface area contributed by atoms with E-state index in [-0.39, 0.29) is 18.5 Å². The minimum absolute atomic E-state index is 0.0188. The van der Waals surface area contributed by atoms with Crippen molar-refractivity contribution in [3.63, 3.8) is 0 Å². The van der Waals surface area contributed by atoms with Crippen LogP contribution in [-0.2, 0) is 38.1 Å². The predicted octanol–water partition coefficient (Wildman–Crippen LogP) is -1.29. The van der Waals surface area contributed by atoms with Gasteiger partial charge in [0, 0.05) is 18.2 Å². The van der Waals surface area contributed by atoms with Crippen molar-refractivity contribution in [1.29, 1.82) is 0 Å². The number of aryl methyl sites for hydroxylation is 1. The number of phosphoric acid groups is 3. The molecule has 0 aromatic carbocycles. The summed E-state index contributed by atoms with van der Waals surface area (Å²) in [6.45, 7) is 0.588. The van der Waals surface area contributed by atoms with Crippen LogP contribution in [0.2, 0.25) is 0 Å². The van der Waals surface area contributed by atoms with E-state index in [4.69, 9.17) is 19.4 Å². The molecule has 0 bridgehead atoms. The molecule has 30 heavy (non-hydrogen) atoms. The van der Waals surface area contributed by atoms with Crippen LogP contribution in [-0.4, -0.2) is 59.2 Å². The van der Waals surface area contributed by atoms with Gasteiger partial charge in [-0.3, -0.25) is 18.9 Å². The van der Waals surface area contributed by atoms with Gasteiger partial charge in [-0.05, 0) is 6.92 Å². The molecule has 2 rings (SSSR count). The number of ether oxygens (including phenoxy) is 1. The molecular formula is C11H19N2O14P3. The van der Waals surface area contributed by atoms with Crippen molar-refractivity contribution in [2.24, 2.45) is 0 Å². The van der Waals surface area contributed by atoms with Gasteiger partial charge in [0.05, 0.1) is 25.4 Å². The molecule has 0 radical (unpaired) electrons. The Labute approximate surface area is 167 Å². The molecule has 0 aliphatic carbocycles. The van der Waals surface area contributed by atoms with Crippen LogP contribution in [0.25, 0.3) is 0 Å². The average Bonchev–Trinajstić information content (AvgIpc) is 2.87. The van der Waals surface area contributed by atoms with Crippen molar-refractivity contribution in [3.05, 3.63) is 32.6 Å². The second-order valence-electron chi connectivity index (χ2n) is 6.21. The van der Waals surface area contributed by atoms with Crippen molar-refractivity contribution in [2.75, 3.05) is 6.61 Å². The van der Waals surface area contributed by atoms with Crippen LogP contribution in [0.3, 0.4) is 0 Å². The predicted molar refractivity (Wildman–Crippen MR) is 95.2 cm³/mol. The molecule has 1 aliphatic heterocycles. The molecule has 19 heteroatoms. The minimum Gasteiger partial charge on any atom is -0.390 e. The number of aromatic amines is 1. The van der Waals surface area contributed by atoms with Crippen molar-refractivity contribution in [2.45, 2.75) is 38.2 Å². The lowest BCUT2D eigenvalue weighted by Gasteiger charge is -2.19. The van der Waals surface area contributed by atoms with E-state index in [1.165, 1.54) is 13.1 Å². The first-order valence-electron chi connectivity index (χ1n) is 7.99. The third-order valence-corrected chi connectivity index (χ3v) is 7.51. The summed E-state index contributed by atoms with van der Waals surface area (Å²) in [5, 5.41) is 9.99. The first-order chi connectivity index (χ1) is 13.6. The molecule has 2 heterocycles. The zero-order valence-corrected chi connectivity index (χ0v) is 17.8. The molecule has 1 saturated heterocycles. The summed E-state index contributed by atoms with van der Waals surface area (Å²) in [5.41, 5.74) is -1.00. The maximum absolute atomic E-state index is 11.8. The van der Waals surface area contributed by atoms with Gasteiger partial charge in [-0.2, -0.15) is 8.62 Å². The van der Waals surface area contributed by atoms with Crippen molar-refractivity contribution < 1.29 is 56.3 Å². The number of hydrogen-bond acceptors (Lipinski definition) is 10. The van der Waals surface area contributed by atoms with Gasteiger partial charge >= 0.3 is 29.2 Å². The molecule has 0 spiro atoms. The highest BCUT2D eigenvalue weighted by molar-refractivity contribution is 7.66. The SMILES string of the molecule is Cc1cn(C[C@H]2C[C@@H](O)[C@@H](COP(=O)(O)OP(=O)(O)OP(=O)(O)O)O2)c(=O)[nH]c1=O. The quantitative estimate of drug-likeness (QED) is 0.218. The largest absolute Gasteiger partial charge is 0.490 e. The highest BCUT2D eigenvalue weighted by atomic mass is 31.3. The Balaban J connectivity index is 1.95. The molecule has 0 saturated carbocycles. The standard InChI is InChI=1S/C11H19N2O14P3/c1-6-3-13(11(16)12-10(6)15)4-7-2-8(14)9(25-7)5-24-29(20,21)27-30(22,23)26-28(17,18)19/h3,7-9,14H,2,4-5H2,1H3,(H,20,21)(H,22,23)(H,12,15,16)(H2,17,18,19)/t7-,8-,9-/m1/s1. The summed E-state index contributed by atoms with van der Waals surface area (Å²) in [7, 11) is -16.5. The molecule has 5 atom stereocenters. The van der Waals surface area contributed by atoms with Crippen molar-refractivity contribution >= 4 is 23.5 Å². The van der Waals surface area contributed by atoms with Gasteiger partial charge in [-0.25, -0.2) is 18.5 Å². The maximum atomic E-state index is 11.8. The fourth-order valence-electron chi connectivity index (χ4n) is 2.53. The molecule has 6 N–H and O–H groups in total. The minimum atomic E-state index is -5.66.